The molecule has 18 heavy (non-hydrogen) atoms. The minimum absolute atomic E-state index is 0.363. The lowest BCUT2D eigenvalue weighted by atomic mass is 10.0. The lowest BCUT2D eigenvalue weighted by Gasteiger charge is -2.29. The van der Waals surface area contributed by atoms with Gasteiger partial charge in [0.2, 0.25) is 10.0 Å². The monoisotopic (exact) mass is 352 g/mol. The Bertz CT molecular complexity index is 527. The summed E-state index contributed by atoms with van der Waals surface area (Å²) >= 11 is 4.72. The molecule has 0 radical (unpaired) electrons. The van der Waals surface area contributed by atoms with Crippen molar-refractivity contribution in [1.29, 1.82) is 0 Å². The van der Waals surface area contributed by atoms with Gasteiger partial charge in [-0.3, -0.25) is 0 Å². The molecule has 0 aliphatic carbocycles. The molecule has 1 saturated heterocycles. The van der Waals surface area contributed by atoms with Gasteiger partial charge in [0.25, 0.3) is 0 Å². The van der Waals surface area contributed by atoms with E-state index >= 15 is 0 Å². The lowest BCUT2D eigenvalue weighted by molar-refractivity contribution is 0.281. The van der Waals surface area contributed by atoms with Gasteiger partial charge in [-0.1, -0.05) is 6.92 Å². The predicted octanol–water partition coefficient (Wildman–Crippen LogP) is 2.39. The second kappa shape index (κ2) is 5.58. The van der Waals surface area contributed by atoms with Gasteiger partial charge in [0.05, 0.1) is 3.79 Å². The molecule has 4 nitrogen and oxygen atoms in total. The van der Waals surface area contributed by atoms with Crippen LogP contribution in [0.5, 0.6) is 0 Å². The molecule has 0 aromatic carbocycles. The zero-order valence-electron chi connectivity index (χ0n) is 10.2. The highest BCUT2D eigenvalue weighted by atomic mass is 79.9. The Hall–Kier alpha value is 0.0500. The number of thiophene rings is 1. The second-order valence-electron chi connectivity index (χ2n) is 4.67. The molecule has 1 atom stereocenters. The van der Waals surface area contributed by atoms with Crippen LogP contribution in [0.4, 0.5) is 0 Å². The number of piperidine rings is 1. The first-order valence-electron chi connectivity index (χ1n) is 5.93. The molecule has 0 spiro atoms. The quantitative estimate of drug-likeness (QED) is 0.908. The Balaban J connectivity index is 2.32. The molecule has 2 N–H and O–H groups in total. The molecule has 1 aromatic heterocycles. The van der Waals surface area contributed by atoms with Gasteiger partial charge in [-0.05, 0) is 40.8 Å². The Labute approximate surface area is 120 Å². The molecule has 2 rings (SSSR count). The fraction of sp³-hybridized carbons (Fsp3) is 0.636. The van der Waals surface area contributed by atoms with Gasteiger partial charge >= 0.3 is 0 Å². The molecule has 102 valence electrons. The van der Waals surface area contributed by atoms with Crippen LogP contribution in [0.1, 0.15) is 24.6 Å². The second-order valence-corrected chi connectivity index (χ2v) is 9.03. The van der Waals surface area contributed by atoms with E-state index in [0.29, 0.717) is 34.2 Å². The largest absolute Gasteiger partial charge is 0.326 e. The Kier molecular flexibility index (Phi) is 4.48. The highest BCUT2D eigenvalue weighted by molar-refractivity contribution is 9.11. The summed E-state index contributed by atoms with van der Waals surface area (Å²) in [5.74, 6) is 0.430. The van der Waals surface area contributed by atoms with E-state index in [1.54, 1.807) is 10.4 Å². The Morgan fingerprint density at radius 1 is 1.61 bits per heavy atom. The summed E-state index contributed by atoms with van der Waals surface area (Å²) in [5, 5.41) is 0. The maximum atomic E-state index is 12.5. The number of hydrogen-bond donors (Lipinski definition) is 1. The summed E-state index contributed by atoms with van der Waals surface area (Å²) in [6.07, 6.45) is 2.04. The number of halogens is 1. The summed E-state index contributed by atoms with van der Waals surface area (Å²) in [6, 6.07) is 1.68. The van der Waals surface area contributed by atoms with Crippen molar-refractivity contribution in [3.05, 3.63) is 14.7 Å². The maximum absolute atomic E-state index is 12.5. The van der Waals surface area contributed by atoms with E-state index in [-0.39, 0.29) is 0 Å². The molecule has 7 heteroatoms. The van der Waals surface area contributed by atoms with E-state index in [1.807, 2.05) is 0 Å². The van der Waals surface area contributed by atoms with E-state index in [4.69, 9.17) is 5.73 Å². The standard InChI is InChI=1S/C11H17BrN2O2S2/c1-8-3-2-4-14(7-8)18(15,16)10-5-9(6-13)17-11(10)12/h5,8H,2-4,6-7,13H2,1H3. The molecule has 1 unspecified atom stereocenters. The van der Waals surface area contributed by atoms with Gasteiger partial charge in [0.1, 0.15) is 4.90 Å². The van der Waals surface area contributed by atoms with Gasteiger partial charge in [0.15, 0.2) is 0 Å². The van der Waals surface area contributed by atoms with Gasteiger partial charge in [-0.2, -0.15) is 4.31 Å². The summed E-state index contributed by atoms with van der Waals surface area (Å²) in [7, 11) is -3.37. The third-order valence-electron chi connectivity index (χ3n) is 3.15. The number of sulfonamides is 1. The lowest BCUT2D eigenvalue weighted by Crippen LogP contribution is -2.39. The first-order valence-corrected chi connectivity index (χ1v) is 8.98. The topological polar surface area (TPSA) is 63.4 Å². The van der Waals surface area contributed by atoms with Crippen molar-refractivity contribution >= 4 is 37.3 Å². The molecule has 1 fully saturated rings. The minimum atomic E-state index is -3.37. The molecule has 0 saturated carbocycles. The van der Waals surface area contributed by atoms with Crippen LogP contribution in [0.3, 0.4) is 0 Å². The van der Waals surface area contributed by atoms with Crippen LogP contribution >= 0.6 is 27.3 Å². The molecular formula is C11H17BrN2O2S2. The van der Waals surface area contributed by atoms with E-state index < -0.39 is 10.0 Å². The molecular weight excluding hydrogens is 336 g/mol. The highest BCUT2D eigenvalue weighted by Crippen LogP contribution is 2.34. The van der Waals surface area contributed by atoms with Crippen LogP contribution in [0.25, 0.3) is 0 Å². The van der Waals surface area contributed by atoms with Crippen LogP contribution in [-0.4, -0.2) is 25.8 Å². The van der Waals surface area contributed by atoms with Crippen molar-refractivity contribution in [2.75, 3.05) is 13.1 Å². The minimum Gasteiger partial charge on any atom is -0.326 e. The Morgan fingerprint density at radius 2 is 2.33 bits per heavy atom. The SMILES string of the molecule is CC1CCCN(S(=O)(=O)c2cc(CN)sc2Br)C1. The molecule has 2 heterocycles. The van der Waals surface area contributed by atoms with Crippen LogP contribution in [0, 0.1) is 5.92 Å². The van der Waals surface area contributed by atoms with Gasteiger partial charge in [-0.25, -0.2) is 8.42 Å². The third kappa shape index (κ3) is 2.80. The van der Waals surface area contributed by atoms with E-state index in [1.165, 1.54) is 11.3 Å². The Morgan fingerprint density at radius 3 is 2.89 bits per heavy atom. The van der Waals surface area contributed by atoms with Gasteiger partial charge < -0.3 is 5.73 Å². The predicted molar refractivity (Wildman–Crippen MR) is 77.1 cm³/mol. The molecule has 0 amide bonds. The van der Waals surface area contributed by atoms with E-state index in [0.717, 1.165) is 17.7 Å². The van der Waals surface area contributed by atoms with Gasteiger partial charge in [-0.15, -0.1) is 11.3 Å². The van der Waals surface area contributed by atoms with Crippen molar-refractivity contribution in [3.63, 3.8) is 0 Å². The van der Waals surface area contributed by atoms with Crippen molar-refractivity contribution in [2.45, 2.75) is 31.2 Å². The van der Waals surface area contributed by atoms with Crippen molar-refractivity contribution < 1.29 is 8.42 Å². The molecule has 1 aliphatic rings. The van der Waals surface area contributed by atoms with Crippen LogP contribution in [0.2, 0.25) is 0 Å². The number of rotatable bonds is 3. The van der Waals surface area contributed by atoms with Crippen molar-refractivity contribution in [1.82, 2.24) is 4.31 Å². The first-order chi connectivity index (χ1) is 8.45. The smallest absolute Gasteiger partial charge is 0.245 e. The fourth-order valence-electron chi connectivity index (χ4n) is 2.18. The third-order valence-corrected chi connectivity index (χ3v) is 7.28. The van der Waals surface area contributed by atoms with Crippen LogP contribution in [0.15, 0.2) is 14.7 Å². The summed E-state index contributed by atoms with van der Waals surface area (Å²) in [5.41, 5.74) is 5.56. The van der Waals surface area contributed by atoms with E-state index in [2.05, 4.69) is 22.9 Å². The van der Waals surface area contributed by atoms with Crippen molar-refractivity contribution in [2.24, 2.45) is 11.7 Å². The van der Waals surface area contributed by atoms with Crippen LogP contribution in [-0.2, 0) is 16.6 Å². The first kappa shape index (κ1) is 14.5. The maximum Gasteiger partial charge on any atom is 0.245 e. The molecule has 1 aliphatic heterocycles. The van der Waals surface area contributed by atoms with E-state index in [9.17, 15) is 8.42 Å². The molecule has 1 aromatic rings. The zero-order chi connectivity index (χ0) is 13.3. The number of hydrogen-bond acceptors (Lipinski definition) is 4. The summed E-state index contributed by atoms with van der Waals surface area (Å²) in [6.45, 7) is 3.69. The number of nitrogens with zero attached hydrogens (tertiary/aromatic N) is 1. The van der Waals surface area contributed by atoms with Crippen LogP contribution < -0.4 is 5.73 Å². The fourth-order valence-corrected chi connectivity index (χ4v) is 6.29. The summed E-state index contributed by atoms with van der Waals surface area (Å²) < 4.78 is 27.3. The molecule has 0 bridgehead atoms. The zero-order valence-corrected chi connectivity index (χ0v) is 13.4. The highest BCUT2D eigenvalue weighted by Gasteiger charge is 2.31. The van der Waals surface area contributed by atoms with Crippen molar-refractivity contribution in [3.8, 4) is 0 Å². The normalized spacial score (nSPS) is 22.3. The van der Waals surface area contributed by atoms with Gasteiger partial charge in [0, 0.05) is 24.5 Å². The summed E-state index contributed by atoms with van der Waals surface area (Å²) in [4.78, 5) is 1.24. The number of nitrogens with two attached hydrogens (primary N) is 1. The average Bonchev–Trinajstić information content (AvgIpc) is 2.71. The average molecular weight is 353 g/mol.